The van der Waals surface area contributed by atoms with Crippen molar-refractivity contribution in [2.45, 2.75) is 6.54 Å². The van der Waals surface area contributed by atoms with E-state index in [9.17, 15) is 18.4 Å². The molecule has 2 aliphatic heterocycles. The van der Waals surface area contributed by atoms with Crippen molar-refractivity contribution in [1.82, 2.24) is 4.90 Å². The van der Waals surface area contributed by atoms with Crippen molar-refractivity contribution >= 4 is 29.3 Å². The highest BCUT2D eigenvalue weighted by molar-refractivity contribution is 6.09. The Morgan fingerprint density at radius 1 is 0.805 bits per heavy atom. The number of carbonyl (C=O) groups is 2. The van der Waals surface area contributed by atoms with Gasteiger partial charge in [-0.3, -0.25) is 14.5 Å². The molecule has 1 saturated heterocycles. The Bertz CT molecular complexity index is 1610. The van der Waals surface area contributed by atoms with Crippen molar-refractivity contribution < 1.29 is 23.1 Å². The van der Waals surface area contributed by atoms with Crippen LogP contribution in [0.15, 0.2) is 103 Å². The molecule has 2 amide bonds. The Balaban J connectivity index is 1.16. The summed E-state index contributed by atoms with van der Waals surface area (Å²) < 4.78 is 33.6. The van der Waals surface area contributed by atoms with Gasteiger partial charge in [-0.2, -0.15) is 0 Å². The Morgan fingerprint density at radius 2 is 1.49 bits per heavy atom. The van der Waals surface area contributed by atoms with Crippen LogP contribution in [0.1, 0.15) is 21.5 Å². The molecule has 1 fully saturated rings. The molecule has 8 heteroatoms. The maximum absolute atomic E-state index is 14.4. The number of anilines is 2. The molecule has 206 valence electrons. The molecule has 0 spiro atoms. The molecule has 0 N–H and O–H groups in total. The second-order valence-electron chi connectivity index (χ2n) is 9.94. The van der Waals surface area contributed by atoms with Crippen LogP contribution in [0.5, 0.6) is 5.75 Å². The number of benzene rings is 4. The normalized spacial score (nSPS) is 16.0. The van der Waals surface area contributed by atoms with E-state index in [1.54, 1.807) is 83.8 Å². The van der Waals surface area contributed by atoms with Crippen molar-refractivity contribution in [3.8, 4) is 5.75 Å². The number of piperazine rings is 1. The number of hydrogen-bond donors (Lipinski definition) is 0. The van der Waals surface area contributed by atoms with Crippen molar-refractivity contribution in [2.24, 2.45) is 0 Å². The summed E-state index contributed by atoms with van der Waals surface area (Å²) in [6.45, 7) is 2.49. The number of ether oxygens (including phenoxy) is 1. The van der Waals surface area contributed by atoms with Gasteiger partial charge >= 0.3 is 0 Å². The van der Waals surface area contributed by atoms with E-state index in [1.165, 1.54) is 23.1 Å². The summed E-state index contributed by atoms with van der Waals surface area (Å²) in [5, 5.41) is 0. The van der Waals surface area contributed by atoms with Gasteiger partial charge in [0, 0.05) is 43.0 Å². The van der Waals surface area contributed by atoms with Gasteiger partial charge in [0.1, 0.15) is 11.6 Å². The predicted molar refractivity (Wildman–Crippen MR) is 154 cm³/mol. The fourth-order valence-corrected chi connectivity index (χ4v) is 5.09. The van der Waals surface area contributed by atoms with Crippen LogP contribution in [0.25, 0.3) is 6.08 Å². The van der Waals surface area contributed by atoms with E-state index in [0.717, 1.165) is 5.69 Å². The molecule has 0 aliphatic carbocycles. The first-order chi connectivity index (χ1) is 20.0. The molecule has 0 radical (unpaired) electrons. The highest BCUT2D eigenvalue weighted by atomic mass is 19.1. The number of carbonyl (C=O) groups excluding carboxylic acids is 2. The van der Waals surface area contributed by atoms with Gasteiger partial charge in [0.15, 0.2) is 11.5 Å². The number of hydrogen-bond acceptors (Lipinski definition) is 4. The van der Waals surface area contributed by atoms with Gasteiger partial charge in [0.25, 0.3) is 11.8 Å². The van der Waals surface area contributed by atoms with E-state index < -0.39 is 0 Å². The van der Waals surface area contributed by atoms with Crippen molar-refractivity contribution in [3.63, 3.8) is 0 Å². The van der Waals surface area contributed by atoms with E-state index >= 15 is 0 Å². The van der Waals surface area contributed by atoms with E-state index in [-0.39, 0.29) is 35.8 Å². The molecule has 0 bridgehead atoms. The molecule has 2 heterocycles. The molecule has 0 unspecified atom stereocenters. The second-order valence-corrected chi connectivity index (χ2v) is 9.94. The lowest BCUT2D eigenvalue weighted by Gasteiger charge is -2.36. The number of amides is 2. The summed E-state index contributed by atoms with van der Waals surface area (Å²) in [6, 6.07) is 26.9. The van der Waals surface area contributed by atoms with Crippen LogP contribution in [-0.4, -0.2) is 42.9 Å². The van der Waals surface area contributed by atoms with Crippen LogP contribution in [0.3, 0.4) is 0 Å². The lowest BCUT2D eigenvalue weighted by molar-refractivity contribution is -0.117. The van der Waals surface area contributed by atoms with Crippen molar-refractivity contribution in [2.75, 3.05) is 36.0 Å². The molecule has 6 rings (SSSR count). The van der Waals surface area contributed by atoms with Crippen molar-refractivity contribution in [3.05, 3.63) is 131 Å². The third kappa shape index (κ3) is 5.54. The van der Waals surface area contributed by atoms with Gasteiger partial charge in [-0.05, 0) is 66.2 Å². The number of fused-ring (bicyclic) bond motifs is 1. The minimum atomic E-state index is -0.383. The van der Waals surface area contributed by atoms with Crippen LogP contribution in [0, 0.1) is 11.6 Å². The Kier molecular flexibility index (Phi) is 7.20. The summed E-state index contributed by atoms with van der Waals surface area (Å²) >= 11 is 0. The molecule has 4 aromatic carbocycles. The van der Waals surface area contributed by atoms with Crippen LogP contribution < -0.4 is 14.5 Å². The maximum Gasteiger partial charge on any atom is 0.294 e. The highest BCUT2D eigenvalue weighted by Crippen LogP contribution is 2.36. The van der Waals surface area contributed by atoms with Gasteiger partial charge < -0.3 is 14.5 Å². The molecule has 0 saturated carbocycles. The Hall–Kier alpha value is -4.98. The zero-order valence-corrected chi connectivity index (χ0v) is 22.2. The SMILES string of the molecule is O=C(c1ccc(/C=C2\Oc3ccccc3N(Cc3ccccc3F)C2=O)cc1)N1CCN(c2ccc(F)cc2)CC1. The third-order valence-electron chi connectivity index (χ3n) is 7.33. The van der Waals surface area contributed by atoms with Crippen LogP contribution in [0.2, 0.25) is 0 Å². The lowest BCUT2D eigenvalue weighted by Crippen LogP contribution is -2.48. The highest BCUT2D eigenvalue weighted by Gasteiger charge is 2.31. The third-order valence-corrected chi connectivity index (χ3v) is 7.33. The van der Waals surface area contributed by atoms with E-state index in [0.29, 0.717) is 54.3 Å². The van der Waals surface area contributed by atoms with Crippen molar-refractivity contribution in [1.29, 1.82) is 0 Å². The fraction of sp³-hybridized carbons (Fsp3) is 0.152. The van der Waals surface area contributed by atoms with Crippen LogP contribution >= 0.6 is 0 Å². The summed E-state index contributed by atoms with van der Waals surface area (Å²) in [6.07, 6.45) is 1.63. The quantitative estimate of drug-likeness (QED) is 0.290. The van der Waals surface area contributed by atoms with Gasteiger partial charge in [-0.15, -0.1) is 0 Å². The minimum Gasteiger partial charge on any atom is -0.449 e. The largest absolute Gasteiger partial charge is 0.449 e. The molecule has 2 aliphatic rings. The van der Waals surface area contributed by atoms with E-state index in [1.807, 2.05) is 6.07 Å². The first-order valence-corrected chi connectivity index (χ1v) is 13.4. The van der Waals surface area contributed by atoms with Gasteiger partial charge in [0.05, 0.1) is 12.2 Å². The van der Waals surface area contributed by atoms with Gasteiger partial charge in [-0.25, -0.2) is 8.78 Å². The average Bonchev–Trinajstić information content (AvgIpc) is 3.01. The van der Waals surface area contributed by atoms with Gasteiger partial charge in [0.2, 0.25) is 0 Å². The molecule has 0 atom stereocenters. The average molecular weight is 552 g/mol. The summed E-state index contributed by atoms with van der Waals surface area (Å²) in [5.41, 5.74) is 3.14. The first-order valence-electron chi connectivity index (χ1n) is 13.4. The lowest BCUT2D eigenvalue weighted by atomic mass is 10.1. The minimum absolute atomic E-state index is 0.0606. The van der Waals surface area contributed by atoms with Crippen LogP contribution in [0.4, 0.5) is 20.2 Å². The summed E-state index contributed by atoms with van der Waals surface area (Å²) in [4.78, 5) is 32.1. The maximum atomic E-state index is 14.4. The predicted octanol–water partition coefficient (Wildman–Crippen LogP) is 5.89. The zero-order valence-electron chi connectivity index (χ0n) is 22.2. The fourth-order valence-electron chi connectivity index (χ4n) is 5.09. The molecule has 0 aromatic heterocycles. The number of rotatable bonds is 5. The molecular weight excluding hydrogens is 524 g/mol. The summed E-state index contributed by atoms with van der Waals surface area (Å²) in [5.74, 6) is -0.501. The Morgan fingerprint density at radius 3 is 2.22 bits per heavy atom. The van der Waals surface area contributed by atoms with E-state index in [4.69, 9.17) is 4.74 Å². The molecular formula is C33H27F2N3O3. The number of halogens is 2. The van der Waals surface area contributed by atoms with E-state index in [2.05, 4.69) is 4.90 Å². The topological polar surface area (TPSA) is 53.1 Å². The standard InChI is InChI=1S/C33H27F2N3O3/c34-26-13-15-27(16-14-26)36-17-19-37(20-18-36)32(39)24-11-9-23(10-12-24)21-31-33(40)38(22-25-5-1-2-6-28(25)35)29-7-3-4-8-30(29)41-31/h1-16,21H,17-20,22H2/b31-21-. The molecule has 6 nitrogen and oxygen atoms in total. The molecule has 4 aromatic rings. The smallest absolute Gasteiger partial charge is 0.294 e. The second kappa shape index (κ2) is 11.3. The molecule has 41 heavy (non-hydrogen) atoms. The Labute approximate surface area is 236 Å². The number of nitrogens with zero attached hydrogens (tertiary/aromatic N) is 3. The first kappa shape index (κ1) is 26.3. The zero-order chi connectivity index (χ0) is 28.3. The van der Waals surface area contributed by atoms with Crippen LogP contribution in [-0.2, 0) is 11.3 Å². The summed E-state index contributed by atoms with van der Waals surface area (Å²) in [7, 11) is 0. The van der Waals surface area contributed by atoms with Gasteiger partial charge in [-0.1, -0.05) is 42.5 Å². The number of para-hydroxylation sites is 2. The monoisotopic (exact) mass is 551 g/mol.